The highest BCUT2D eigenvalue weighted by Crippen LogP contribution is 2.51. The normalized spacial score (nSPS) is 23.4. The van der Waals surface area contributed by atoms with Gasteiger partial charge in [-0.05, 0) is 49.6 Å². The zero-order chi connectivity index (χ0) is 22.9. The van der Waals surface area contributed by atoms with Gasteiger partial charge in [0.2, 0.25) is 5.56 Å². The Labute approximate surface area is 188 Å². The van der Waals surface area contributed by atoms with Crippen molar-refractivity contribution in [3.8, 4) is 0 Å². The largest absolute Gasteiger partial charge is 0.345 e. The summed E-state index contributed by atoms with van der Waals surface area (Å²) in [5.41, 5.74) is 5.54. The Morgan fingerprint density at radius 2 is 2.00 bits per heavy atom. The minimum absolute atomic E-state index is 0.0296. The van der Waals surface area contributed by atoms with Crippen molar-refractivity contribution in [1.29, 1.82) is 0 Å². The number of rotatable bonds is 4. The fourth-order valence-electron chi connectivity index (χ4n) is 5.05. The van der Waals surface area contributed by atoms with Crippen LogP contribution in [0.1, 0.15) is 47.4 Å². The summed E-state index contributed by atoms with van der Waals surface area (Å²) in [6, 6.07) is 11.1. The summed E-state index contributed by atoms with van der Waals surface area (Å²) in [7, 11) is 3.50. The Morgan fingerprint density at radius 3 is 2.75 bits per heavy atom. The number of amides is 1. The Bertz CT molecular complexity index is 1230. The number of allylic oxidation sites excluding steroid dienone is 3. The van der Waals surface area contributed by atoms with Crippen LogP contribution in [-0.4, -0.2) is 36.1 Å². The molecule has 4 rings (SSSR count). The van der Waals surface area contributed by atoms with Crippen LogP contribution in [0.5, 0.6) is 0 Å². The third-order valence-electron chi connectivity index (χ3n) is 6.33. The number of aliphatic imine (C=N–C) groups is 1. The van der Waals surface area contributed by atoms with Gasteiger partial charge in [-0.1, -0.05) is 42.0 Å². The number of aromatic amines is 1. The lowest BCUT2D eigenvalue weighted by Gasteiger charge is -2.45. The molecule has 2 aliphatic rings. The molecule has 0 unspecified atom stereocenters. The molecule has 0 saturated heterocycles. The Morgan fingerprint density at radius 1 is 1.22 bits per heavy atom. The zero-order valence-corrected chi connectivity index (χ0v) is 19.1. The second-order valence-electron chi connectivity index (χ2n) is 8.74. The lowest BCUT2D eigenvalue weighted by Crippen LogP contribution is -2.40. The fourth-order valence-corrected chi connectivity index (χ4v) is 5.05. The molecular formula is C27H29N3O2. The molecule has 5 heteroatoms. The first-order valence-electron chi connectivity index (χ1n) is 10.9. The lowest BCUT2D eigenvalue weighted by molar-refractivity contribution is 0.0827. The Balaban J connectivity index is 1.74. The molecule has 1 heterocycles. The molecule has 5 nitrogen and oxygen atoms in total. The number of hydrogen-bond donors (Lipinski definition) is 1. The second-order valence-corrected chi connectivity index (χ2v) is 8.74. The number of pyridine rings is 1. The van der Waals surface area contributed by atoms with Gasteiger partial charge in [-0.3, -0.25) is 14.6 Å². The molecule has 2 aromatic rings. The van der Waals surface area contributed by atoms with E-state index in [9.17, 15) is 9.59 Å². The van der Waals surface area contributed by atoms with Crippen LogP contribution in [0.25, 0.3) is 6.08 Å². The van der Waals surface area contributed by atoms with E-state index in [1.807, 2.05) is 48.7 Å². The van der Waals surface area contributed by atoms with Crippen LogP contribution in [0.3, 0.4) is 0 Å². The predicted molar refractivity (Wildman–Crippen MR) is 130 cm³/mol. The molecule has 1 aromatic heterocycles. The number of hydrogen-bond acceptors (Lipinski definition) is 3. The summed E-state index contributed by atoms with van der Waals surface area (Å²) in [6.45, 7) is 4.22. The number of benzene rings is 1. The van der Waals surface area contributed by atoms with E-state index in [2.05, 4.69) is 31.0 Å². The molecule has 0 fully saturated rings. The van der Waals surface area contributed by atoms with Crippen molar-refractivity contribution in [2.45, 2.75) is 32.2 Å². The topological polar surface area (TPSA) is 65.5 Å². The molecular weight excluding hydrogens is 398 g/mol. The first kappa shape index (κ1) is 21.8. The lowest BCUT2D eigenvalue weighted by atomic mass is 9.63. The highest BCUT2D eigenvalue weighted by atomic mass is 16.2. The summed E-state index contributed by atoms with van der Waals surface area (Å²) in [6.07, 6.45) is 11.7. The van der Waals surface area contributed by atoms with Gasteiger partial charge in [-0.15, -0.1) is 0 Å². The molecule has 2 aliphatic carbocycles. The van der Waals surface area contributed by atoms with Gasteiger partial charge < -0.3 is 9.88 Å². The van der Waals surface area contributed by atoms with E-state index in [4.69, 9.17) is 4.99 Å². The van der Waals surface area contributed by atoms with Gasteiger partial charge in [0.05, 0.1) is 0 Å². The van der Waals surface area contributed by atoms with Crippen LogP contribution in [0.2, 0.25) is 0 Å². The molecule has 164 valence electrons. The van der Waals surface area contributed by atoms with Gasteiger partial charge in [0, 0.05) is 55.5 Å². The summed E-state index contributed by atoms with van der Waals surface area (Å²) < 4.78 is 0. The summed E-state index contributed by atoms with van der Waals surface area (Å²) >= 11 is 0. The monoisotopic (exact) mass is 427 g/mol. The van der Waals surface area contributed by atoms with Gasteiger partial charge in [0.25, 0.3) is 5.91 Å². The van der Waals surface area contributed by atoms with Crippen LogP contribution < -0.4 is 5.56 Å². The summed E-state index contributed by atoms with van der Waals surface area (Å²) in [4.78, 5) is 34.2. The second kappa shape index (κ2) is 8.58. The number of nitrogens with zero attached hydrogens (tertiary/aromatic N) is 2. The number of carbonyl (C=O) groups excluding carboxylic acids is 1. The average Bonchev–Trinajstić information content (AvgIpc) is 2.75. The number of nitrogens with one attached hydrogen (secondary N) is 1. The van der Waals surface area contributed by atoms with E-state index in [0.717, 1.165) is 29.7 Å². The van der Waals surface area contributed by atoms with Crippen molar-refractivity contribution in [1.82, 2.24) is 9.88 Å². The van der Waals surface area contributed by atoms with Gasteiger partial charge in [-0.25, -0.2) is 0 Å². The molecule has 2 atom stereocenters. The average molecular weight is 428 g/mol. The minimum atomic E-state index is -0.515. The Kier molecular flexibility index (Phi) is 5.83. The molecule has 32 heavy (non-hydrogen) atoms. The maximum atomic E-state index is 12.5. The van der Waals surface area contributed by atoms with E-state index < -0.39 is 5.54 Å². The van der Waals surface area contributed by atoms with E-state index in [-0.39, 0.29) is 17.4 Å². The quantitative estimate of drug-likeness (QED) is 0.576. The molecule has 0 spiro atoms. The van der Waals surface area contributed by atoms with Crippen molar-refractivity contribution in [3.05, 3.63) is 98.5 Å². The molecule has 1 N–H and O–H groups in total. The highest BCUT2D eigenvalue weighted by Gasteiger charge is 2.46. The number of aromatic nitrogens is 1. The summed E-state index contributed by atoms with van der Waals surface area (Å²) in [5, 5.41) is 0. The first-order valence-corrected chi connectivity index (χ1v) is 10.9. The van der Waals surface area contributed by atoms with Gasteiger partial charge in [0.1, 0.15) is 5.54 Å². The molecule has 0 saturated carbocycles. The van der Waals surface area contributed by atoms with Crippen LogP contribution in [0.15, 0.2) is 75.6 Å². The minimum Gasteiger partial charge on any atom is -0.345 e. The number of carbonyl (C=O) groups is 1. The third kappa shape index (κ3) is 3.79. The summed E-state index contributed by atoms with van der Waals surface area (Å²) in [5.74, 6) is 0.205. The molecule has 2 bridgehead atoms. The smallest absolute Gasteiger partial charge is 0.253 e. The van der Waals surface area contributed by atoms with Gasteiger partial charge >= 0.3 is 0 Å². The van der Waals surface area contributed by atoms with E-state index in [1.54, 1.807) is 25.1 Å². The molecule has 0 aliphatic heterocycles. The van der Waals surface area contributed by atoms with Gasteiger partial charge in [-0.2, -0.15) is 0 Å². The van der Waals surface area contributed by atoms with Crippen LogP contribution in [-0.2, 0) is 12.0 Å². The van der Waals surface area contributed by atoms with Crippen LogP contribution >= 0.6 is 0 Å². The van der Waals surface area contributed by atoms with Crippen LogP contribution in [0, 0.1) is 5.92 Å². The molecule has 0 radical (unpaired) electrons. The standard InChI is InChI=1S/C27H29N3O2/c1-5-22-20-15-18(2)17-27(22,23-12-13-25(31)29-24(23)16-20)28-14-8-10-19-9-6-7-11-21(19)26(32)30(3)4/h5-15,20H,16-17H2,1-4H3,(H,29,31)/b10-8+,22-5+,28-14?/t20-,27+/m0/s1. The van der Waals surface area contributed by atoms with Crippen LogP contribution in [0.4, 0.5) is 0 Å². The zero-order valence-electron chi connectivity index (χ0n) is 19.1. The van der Waals surface area contributed by atoms with Crippen molar-refractivity contribution < 1.29 is 4.79 Å². The van der Waals surface area contributed by atoms with E-state index >= 15 is 0 Å². The van der Waals surface area contributed by atoms with Gasteiger partial charge in [0.15, 0.2) is 0 Å². The van der Waals surface area contributed by atoms with Crippen molar-refractivity contribution in [2.75, 3.05) is 14.1 Å². The third-order valence-corrected chi connectivity index (χ3v) is 6.33. The SMILES string of the molecule is C/C=C1\[C@H]2C=C(C)C[C@]1(N=C/C=C/c1ccccc1C(=O)N(C)C)c1ccc(=O)[nH]c1C2. The predicted octanol–water partition coefficient (Wildman–Crippen LogP) is 4.52. The van der Waals surface area contributed by atoms with Crippen molar-refractivity contribution in [2.24, 2.45) is 10.9 Å². The van der Waals surface area contributed by atoms with Crippen molar-refractivity contribution >= 4 is 18.2 Å². The maximum Gasteiger partial charge on any atom is 0.253 e. The molecule has 1 aromatic carbocycles. The fraction of sp³-hybridized carbons (Fsp3) is 0.296. The number of H-pyrrole nitrogens is 1. The van der Waals surface area contributed by atoms with E-state index in [1.165, 1.54) is 11.1 Å². The Hall–Kier alpha value is -3.47. The van der Waals surface area contributed by atoms with E-state index in [0.29, 0.717) is 5.56 Å². The van der Waals surface area contributed by atoms with Crippen molar-refractivity contribution in [3.63, 3.8) is 0 Å². The molecule has 1 amide bonds. The maximum absolute atomic E-state index is 12.5. The first-order chi connectivity index (χ1) is 15.4. The number of fused-ring (bicyclic) bond motifs is 4. The highest BCUT2D eigenvalue weighted by molar-refractivity contribution is 5.98.